The van der Waals surface area contributed by atoms with Crippen molar-refractivity contribution >= 4 is 17.5 Å². The molecule has 1 heterocycles. The maximum Gasteiger partial charge on any atom is 0.410 e. The number of ether oxygens (including phenoxy) is 1. The Morgan fingerprint density at radius 2 is 1.68 bits per heavy atom. The highest BCUT2D eigenvalue weighted by molar-refractivity contribution is 5.99. The molecule has 1 N–H and O–H groups in total. The van der Waals surface area contributed by atoms with Gasteiger partial charge in [-0.05, 0) is 39.8 Å². The molecule has 0 radical (unpaired) electrons. The Kier molecular flexibility index (Phi) is 5.49. The fraction of sp³-hybridized carbons (Fsp3) is 0.529. The van der Waals surface area contributed by atoms with Crippen molar-refractivity contribution in [2.75, 3.05) is 31.1 Å². The zero-order chi connectivity index (χ0) is 18.8. The monoisotopic (exact) mass is 355 g/mol. The van der Waals surface area contributed by atoms with Crippen LogP contribution in [0.4, 0.5) is 19.3 Å². The van der Waals surface area contributed by atoms with Crippen molar-refractivity contribution in [1.29, 1.82) is 0 Å². The van der Waals surface area contributed by atoms with E-state index in [0.717, 1.165) is 0 Å². The molecule has 25 heavy (non-hydrogen) atoms. The van der Waals surface area contributed by atoms with Gasteiger partial charge in [0.1, 0.15) is 17.2 Å². The Morgan fingerprint density at radius 3 is 2.12 bits per heavy atom. The molecule has 1 fully saturated rings. The summed E-state index contributed by atoms with van der Waals surface area (Å²) in [4.78, 5) is 15.4. The van der Waals surface area contributed by atoms with Gasteiger partial charge in [-0.2, -0.15) is 0 Å². The van der Waals surface area contributed by atoms with Crippen molar-refractivity contribution in [2.24, 2.45) is 5.16 Å². The van der Waals surface area contributed by atoms with Crippen LogP contribution < -0.4 is 4.90 Å². The van der Waals surface area contributed by atoms with Gasteiger partial charge in [-0.25, -0.2) is 13.6 Å². The molecule has 0 saturated carbocycles. The summed E-state index contributed by atoms with van der Waals surface area (Å²) in [7, 11) is 0. The highest BCUT2D eigenvalue weighted by Crippen LogP contribution is 2.24. The Balaban J connectivity index is 2.07. The lowest BCUT2D eigenvalue weighted by Crippen LogP contribution is -2.50. The number of hydrogen-bond donors (Lipinski definition) is 1. The lowest BCUT2D eigenvalue weighted by molar-refractivity contribution is 0.0240. The first-order chi connectivity index (χ1) is 11.6. The van der Waals surface area contributed by atoms with E-state index >= 15 is 0 Å². The molecule has 1 aromatic carbocycles. The lowest BCUT2D eigenvalue weighted by atomic mass is 10.1. The molecule has 8 heteroatoms. The van der Waals surface area contributed by atoms with Gasteiger partial charge in [0.25, 0.3) is 0 Å². The van der Waals surface area contributed by atoms with Crippen LogP contribution >= 0.6 is 0 Å². The summed E-state index contributed by atoms with van der Waals surface area (Å²) in [6, 6.07) is 2.41. The maximum atomic E-state index is 14.2. The Labute approximate surface area is 145 Å². The van der Waals surface area contributed by atoms with E-state index in [2.05, 4.69) is 5.16 Å². The Bertz CT molecular complexity index is 655. The summed E-state index contributed by atoms with van der Waals surface area (Å²) < 4.78 is 33.6. The number of amides is 1. The van der Waals surface area contributed by atoms with Gasteiger partial charge in [0.05, 0.1) is 11.3 Å². The predicted molar refractivity (Wildman–Crippen MR) is 90.4 cm³/mol. The predicted octanol–water partition coefficient (Wildman–Crippen LogP) is 3.22. The van der Waals surface area contributed by atoms with Gasteiger partial charge < -0.3 is 19.7 Å². The summed E-state index contributed by atoms with van der Waals surface area (Å²) in [5.41, 5.74) is -0.661. The fourth-order valence-corrected chi connectivity index (χ4v) is 2.61. The van der Waals surface area contributed by atoms with Gasteiger partial charge in [-0.15, -0.1) is 0 Å². The smallest absolute Gasteiger partial charge is 0.410 e. The Morgan fingerprint density at radius 1 is 1.16 bits per heavy atom. The van der Waals surface area contributed by atoms with Crippen LogP contribution in [0.3, 0.4) is 0 Å². The van der Waals surface area contributed by atoms with Crippen LogP contribution in [0.25, 0.3) is 0 Å². The molecule has 1 saturated heterocycles. The maximum absolute atomic E-state index is 14.2. The summed E-state index contributed by atoms with van der Waals surface area (Å²) in [6.07, 6.45) is -0.394. The standard InChI is InChI=1S/C17H23F2N3O3/c1-11(20-24)15-13(18)9-12(10-14(15)19)21-5-7-22(8-6-21)16(23)25-17(2,3)4/h9-10,24H,5-8H2,1-4H3. The number of carbonyl (C=O) groups excluding carboxylic acids is 1. The van der Waals surface area contributed by atoms with E-state index in [1.54, 1.807) is 30.6 Å². The third-order valence-corrected chi connectivity index (χ3v) is 3.84. The van der Waals surface area contributed by atoms with Gasteiger partial charge in [-0.1, -0.05) is 5.16 Å². The van der Waals surface area contributed by atoms with E-state index < -0.39 is 23.3 Å². The Hall–Kier alpha value is -2.38. The number of piperazine rings is 1. The van der Waals surface area contributed by atoms with Gasteiger partial charge in [0.2, 0.25) is 0 Å². The first-order valence-corrected chi connectivity index (χ1v) is 8.03. The minimum absolute atomic E-state index is 0.128. The zero-order valence-corrected chi connectivity index (χ0v) is 14.8. The second-order valence-corrected chi connectivity index (χ2v) is 6.92. The van der Waals surface area contributed by atoms with Crippen LogP contribution in [-0.2, 0) is 4.74 Å². The highest BCUT2D eigenvalue weighted by atomic mass is 19.1. The van der Waals surface area contributed by atoms with Crippen LogP contribution in [0.15, 0.2) is 17.3 Å². The van der Waals surface area contributed by atoms with E-state index in [-0.39, 0.29) is 11.3 Å². The third-order valence-electron chi connectivity index (χ3n) is 3.84. The van der Waals surface area contributed by atoms with Crippen LogP contribution in [0.2, 0.25) is 0 Å². The summed E-state index contributed by atoms with van der Waals surface area (Å²) in [5, 5.41) is 11.6. The summed E-state index contributed by atoms with van der Waals surface area (Å²) in [5.74, 6) is -1.58. The van der Waals surface area contributed by atoms with E-state index in [1.165, 1.54) is 19.1 Å². The molecular weight excluding hydrogens is 332 g/mol. The molecule has 2 rings (SSSR count). The van der Waals surface area contributed by atoms with Crippen molar-refractivity contribution in [2.45, 2.75) is 33.3 Å². The first-order valence-electron chi connectivity index (χ1n) is 8.03. The molecular formula is C17H23F2N3O3. The zero-order valence-electron chi connectivity index (χ0n) is 14.8. The van der Waals surface area contributed by atoms with Gasteiger partial charge in [-0.3, -0.25) is 0 Å². The molecule has 1 aliphatic heterocycles. The van der Waals surface area contributed by atoms with Crippen LogP contribution in [0.1, 0.15) is 33.3 Å². The van der Waals surface area contributed by atoms with Crippen molar-refractivity contribution in [3.05, 3.63) is 29.3 Å². The third kappa shape index (κ3) is 4.58. The van der Waals surface area contributed by atoms with E-state index in [9.17, 15) is 13.6 Å². The van der Waals surface area contributed by atoms with Crippen LogP contribution in [0.5, 0.6) is 0 Å². The number of carbonyl (C=O) groups is 1. The quantitative estimate of drug-likeness (QED) is 0.503. The topological polar surface area (TPSA) is 65.4 Å². The van der Waals surface area contributed by atoms with Crippen molar-refractivity contribution in [1.82, 2.24) is 4.90 Å². The average molecular weight is 355 g/mol. The number of halogens is 2. The van der Waals surface area contributed by atoms with Gasteiger partial charge >= 0.3 is 6.09 Å². The molecule has 6 nitrogen and oxygen atoms in total. The molecule has 1 aliphatic rings. The van der Waals surface area contributed by atoms with Crippen molar-refractivity contribution < 1.29 is 23.5 Å². The SMILES string of the molecule is CC(=NO)c1c(F)cc(N2CCN(C(=O)OC(C)(C)C)CC2)cc1F. The molecule has 0 aliphatic carbocycles. The molecule has 0 aromatic heterocycles. The number of oxime groups is 1. The van der Waals surface area contributed by atoms with E-state index in [4.69, 9.17) is 9.94 Å². The number of rotatable bonds is 2. The molecule has 0 bridgehead atoms. The summed E-state index contributed by atoms with van der Waals surface area (Å²) in [6.45, 7) is 8.38. The molecule has 0 unspecified atom stereocenters. The van der Waals surface area contributed by atoms with Crippen molar-refractivity contribution in [3.63, 3.8) is 0 Å². The van der Waals surface area contributed by atoms with Crippen LogP contribution in [0, 0.1) is 11.6 Å². The van der Waals surface area contributed by atoms with Crippen LogP contribution in [-0.4, -0.2) is 53.7 Å². The van der Waals surface area contributed by atoms with Gasteiger partial charge in [0, 0.05) is 31.9 Å². The lowest BCUT2D eigenvalue weighted by Gasteiger charge is -2.36. The first kappa shape index (κ1) is 19.0. The number of nitrogens with zero attached hydrogens (tertiary/aromatic N) is 3. The second-order valence-electron chi connectivity index (χ2n) is 6.92. The highest BCUT2D eigenvalue weighted by Gasteiger charge is 2.27. The normalized spacial score (nSPS) is 16.2. The second kappa shape index (κ2) is 7.25. The fourth-order valence-electron chi connectivity index (χ4n) is 2.61. The van der Waals surface area contributed by atoms with Gasteiger partial charge in [0.15, 0.2) is 0 Å². The minimum atomic E-state index is -0.792. The number of hydrogen-bond acceptors (Lipinski definition) is 5. The summed E-state index contributed by atoms with van der Waals surface area (Å²) >= 11 is 0. The molecule has 1 aromatic rings. The average Bonchev–Trinajstić information content (AvgIpc) is 2.52. The van der Waals surface area contributed by atoms with E-state index in [0.29, 0.717) is 31.9 Å². The van der Waals surface area contributed by atoms with Crippen molar-refractivity contribution in [3.8, 4) is 0 Å². The minimum Gasteiger partial charge on any atom is -0.444 e. The molecule has 138 valence electrons. The van der Waals surface area contributed by atoms with E-state index in [1.807, 2.05) is 0 Å². The molecule has 0 atom stereocenters. The molecule has 1 amide bonds. The largest absolute Gasteiger partial charge is 0.444 e. The number of benzene rings is 1. The number of anilines is 1. The molecule has 0 spiro atoms.